The van der Waals surface area contributed by atoms with Gasteiger partial charge in [-0.05, 0) is 52.9 Å². The van der Waals surface area contributed by atoms with Gasteiger partial charge in [-0.25, -0.2) is 0 Å². The molecule has 0 heterocycles. The van der Waals surface area contributed by atoms with E-state index in [0.717, 1.165) is 12.8 Å². The monoisotopic (exact) mass is 337 g/mol. The lowest BCUT2D eigenvalue weighted by molar-refractivity contribution is 0.762. The van der Waals surface area contributed by atoms with Gasteiger partial charge in [0.15, 0.2) is 0 Å². The molecule has 104 valence electrons. The van der Waals surface area contributed by atoms with E-state index in [9.17, 15) is 0 Å². The Hall–Kier alpha value is -1.80. The fraction of sp³-hybridized carbons (Fsp3) is 0.158. The van der Waals surface area contributed by atoms with Crippen LogP contribution in [0.1, 0.15) is 23.6 Å². The van der Waals surface area contributed by atoms with Crippen LogP contribution < -0.4 is 5.32 Å². The SMILES string of the molecule is Brc1cccc2c1CCC2Nc1ccc2ccccc2c1. The van der Waals surface area contributed by atoms with Crippen molar-refractivity contribution in [3.05, 3.63) is 76.3 Å². The van der Waals surface area contributed by atoms with E-state index in [1.165, 1.54) is 32.1 Å². The molecule has 2 heteroatoms. The third-order valence-electron chi connectivity index (χ3n) is 4.30. The maximum Gasteiger partial charge on any atom is 0.0520 e. The van der Waals surface area contributed by atoms with E-state index in [2.05, 4.69) is 81.9 Å². The van der Waals surface area contributed by atoms with Crippen LogP contribution in [0, 0.1) is 0 Å². The molecule has 0 saturated heterocycles. The summed E-state index contributed by atoms with van der Waals surface area (Å²) >= 11 is 3.66. The first kappa shape index (κ1) is 12.9. The number of rotatable bonds is 2. The zero-order chi connectivity index (χ0) is 14.2. The molecule has 0 saturated carbocycles. The van der Waals surface area contributed by atoms with Gasteiger partial charge >= 0.3 is 0 Å². The third kappa shape index (κ3) is 2.34. The van der Waals surface area contributed by atoms with Crippen molar-refractivity contribution in [2.45, 2.75) is 18.9 Å². The van der Waals surface area contributed by atoms with Crippen LogP contribution in [0.15, 0.2) is 65.1 Å². The Morgan fingerprint density at radius 2 is 1.76 bits per heavy atom. The zero-order valence-electron chi connectivity index (χ0n) is 11.6. The van der Waals surface area contributed by atoms with Gasteiger partial charge in [0.1, 0.15) is 0 Å². The molecule has 0 radical (unpaired) electrons. The van der Waals surface area contributed by atoms with E-state index in [-0.39, 0.29) is 0 Å². The predicted molar refractivity (Wildman–Crippen MR) is 92.8 cm³/mol. The molecular weight excluding hydrogens is 322 g/mol. The minimum absolute atomic E-state index is 0.415. The van der Waals surface area contributed by atoms with Crippen molar-refractivity contribution in [2.75, 3.05) is 5.32 Å². The lowest BCUT2D eigenvalue weighted by Gasteiger charge is -2.16. The van der Waals surface area contributed by atoms with Crippen molar-refractivity contribution in [3.63, 3.8) is 0 Å². The molecule has 0 amide bonds. The highest BCUT2D eigenvalue weighted by molar-refractivity contribution is 9.10. The van der Waals surface area contributed by atoms with Gasteiger partial charge < -0.3 is 5.32 Å². The molecule has 1 aliphatic carbocycles. The highest BCUT2D eigenvalue weighted by Gasteiger charge is 2.23. The van der Waals surface area contributed by atoms with E-state index in [1.54, 1.807) is 0 Å². The Morgan fingerprint density at radius 1 is 0.905 bits per heavy atom. The first-order valence-electron chi connectivity index (χ1n) is 7.34. The quantitative estimate of drug-likeness (QED) is 0.632. The molecule has 0 fully saturated rings. The smallest absolute Gasteiger partial charge is 0.0520 e. The average molecular weight is 338 g/mol. The van der Waals surface area contributed by atoms with Crippen molar-refractivity contribution in [1.82, 2.24) is 0 Å². The van der Waals surface area contributed by atoms with Crippen molar-refractivity contribution >= 4 is 32.4 Å². The zero-order valence-corrected chi connectivity index (χ0v) is 13.2. The van der Waals surface area contributed by atoms with Crippen molar-refractivity contribution < 1.29 is 0 Å². The number of hydrogen-bond donors (Lipinski definition) is 1. The molecule has 1 aliphatic rings. The van der Waals surface area contributed by atoms with Gasteiger partial charge in [0.05, 0.1) is 6.04 Å². The van der Waals surface area contributed by atoms with Crippen molar-refractivity contribution in [1.29, 1.82) is 0 Å². The standard InChI is InChI=1S/C19H16BrN/c20-18-7-3-6-17-16(18)10-11-19(17)21-15-9-8-13-4-1-2-5-14(13)12-15/h1-9,12,19,21H,10-11H2. The largest absolute Gasteiger partial charge is 0.378 e. The van der Waals surface area contributed by atoms with Gasteiger partial charge in [0.25, 0.3) is 0 Å². The number of halogens is 1. The minimum Gasteiger partial charge on any atom is -0.378 e. The van der Waals surface area contributed by atoms with Gasteiger partial charge in [-0.1, -0.05) is 58.4 Å². The second-order valence-corrected chi connectivity index (χ2v) is 6.46. The van der Waals surface area contributed by atoms with Crippen LogP contribution in [0.4, 0.5) is 5.69 Å². The molecule has 3 aromatic rings. The molecule has 1 unspecified atom stereocenters. The molecule has 1 atom stereocenters. The fourth-order valence-electron chi connectivity index (χ4n) is 3.24. The Labute approximate surface area is 133 Å². The maximum atomic E-state index is 3.70. The number of hydrogen-bond acceptors (Lipinski definition) is 1. The third-order valence-corrected chi connectivity index (χ3v) is 5.05. The van der Waals surface area contributed by atoms with E-state index >= 15 is 0 Å². The summed E-state index contributed by atoms with van der Waals surface area (Å²) in [6, 6.07) is 22.0. The molecule has 4 rings (SSSR count). The molecule has 0 spiro atoms. The minimum atomic E-state index is 0.415. The Balaban J connectivity index is 1.66. The summed E-state index contributed by atoms with van der Waals surface area (Å²) in [5.74, 6) is 0. The average Bonchev–Trinajstić information content (AvgIpc) is 2.92. The first-order valence-corrected chi connectivity index (χ1v) is 8.13. The number of fused-ring (bicyclic) bond motifs is 2. The highest BCUT2D eigenvalue weighted by Crippen LogP contribution is 2.37. The summed E-state index contributed by atoms with van der Waals surface area (Å²) < 4.78 is 1.24. The van der Waals surface area contributed by atoms with Gasteiger partial charge in [-0.15, -0.1) is 0 Å². The van der Waals surface area contributed by atoms with Crippen LogP contribution in [0.5, 0.6) is 0 Å². The second kappa shape index (κ2) is 5.19. The second-order valence-electron chi connectivity index (χ2n) is 5.61. The summed E-state index contributed by atoms with van der Waals surface area (Å²) in [5, 5.41) is 6.27. The molecule has 1 N–H and O–H groups in total. The van der Waals surface area contributed by atoms with Crippen LogP contribution in [0.2, 0.25) is 0 Å². The molecule has 0 bridgehead atoms. The van der Waals surface area contributed by atoms with Gasteiger partial charge in [-0.3, -0.25) is 0 Å². The highest BCUT2D eigenvalue weighted by atomic mass is 79.9. The lowest BCUT2D eigenvalue weighted by atomic mass is 10.1. The van der Waals surface area contributed by atoms with Gasteiger partial charge in [0.2, 0.25) is 0 Å². The molecule has 0 aromatic heterocycles. The summed E-state index contributed by atoms with van der Waals surface area (Å²) in [6.07, 6.45) is 2.30. The molecule has 3 aromatic carbocycles. The van der Waals surface area contributed by atoms with Crippen molar-refractivity contribution in [2.24, 2.45) is 0 Å². The predicted octanol–water partition coefficient (Wildman–Crippen LogP) is 5.70. The van der Waals surface area contributed by atoms with Gasteiger partial charge in [-0.2, -0.15) is 0 Å². The van der Waals surface area contributed by atoms with E-state index < -0.39 is 0 Å². The van der Waals surface area contributed by atoms with E-state index in [1.807, 2.05) is 0 Å². The van der Waals surface area contributed by atoms with E-state index in [0.29, 0.717) is 6.04 Å². The van der Waals surface area contributed by atoms with E-state index in [4.69, 9.17) is 0 Å². The molecule has 21 heavy (non-hydrogen) atoms. The molecular formula is C19H16BrN. The normalized spacial score (nSPS) is 16.9. The number of anilines is 1. The summed E-state index contributed by atoms with van der Waals surface area (Å²) in [7, 11) is 0. The van der Waals surface area contributed by atoms with Crippen LogP contribution in [0.25, 0.3) is 10.8 Å². The molecule has 0 aliphatic heterocycles. The fourth-order valence-corrected chi connectivity index (χ4v) is 3.82. The Kier molecular flexibility index (Phi) is 3.19. The van der Waals surface area contributed by atoms with Crippen LogP contribution in [-0.2, 0) is 6.42 Å². The van der Waals surface area contributed by atoms with Crippen LogP contribution in [-0.4, -0.2) is 0 Å². The topological polar surface area (TPSA) is 12.0 Å². The number of nitrogens with one attached hydrogen (secondary N) is 1. The van der Waals surface area contributed by atoms with Crippen molar-refractivity contribution in [3.8, 4) is 0 Å². The maximum absolute atomic E-state index is 3.70. The summed E-state index contributed by atoms with van der Waals surface area (Å²) in [6.45, 7) is 0. The van der Waals surface area contributed by atoms with Crippen LogP contribution >= 0.6 is 15.9 Å². The summed E-state index contributed by atoms with van der Waals surface area (Å²) in [5.41, 5.74) is 4.08. The Bertz CT molecular complexity index is 810. The lowest BCUT2D eigenvalue weighted by Crippen LogP contribution is -2.06. The summed E-state index contributed by atoms with van der Waals surface area (Å²) in [4.78, 5) is 0. The number of benzene rings is 3. The van der Waals surface area contributed by atoms with Crippen LogP contribution in [0.3, 0.4) is 0 Å². The van der Waals surface area contributed by atoms with Gasteiger partial charge in [0, 0.05) is 10.2 Å². The Morgan fingerprint density at radius 3 is 2.67 bits per heavy atom. The molecule has 1 nitrogen and oxygen atoms in total. The first-order chi connectivity index (χ1) is 10.3.